The highest BCUT2D eigenvalue weighted by atomic mass is 16.2. The van der Waals surface area contributed by atoms with E-state index in [-0.39, 0.29) is 6.04 Å². The molecule has 0 bridgehead atoms. The van der Waals surface area contributed by atoms with Gasteiger partial charge in [0.25, 0.3) is 0 Å². The Morgan fingerprint density at radius 3 is 2.24 bits per heavy atom. The summed E-state index contributed by atoms with van der Waals surface area (Å²) in [5, 5.41) is 5.61. The van der Waals surface area contributed by atoms with Crippen LogP contribution in [0.25, 0.3) is 0 Å². The van der Waals surface area contributed by atoms with Gasteiger partial charge in [0.05, 0.1) is 6.04 Å². The molecule has 1 aliphatic heterocycles. The fourth-order valence-corrected chi connectivity index (χ4v) is 4.41. The van der Waals surface area contributed by atoms with Gasteiger partial charge in [-0.05, 0) is 48.7 Å². The number of pyridine rings is 1. The summed E-state index contributed by atoms with van der Waals surface area (Å²) in [6.07, 6.45) is 3.57. The molecule has 2 heterocycles. The summed E-state index contributed by atoms with van der Waals surface area (Å²) < 4.78 is 0. The first-order chi connectivity index (χ1) is 16.5. The van der Waals surface area contributed by atoms with Crippen molar-refractivity contribution in [2.24, 2.45) is 0 Å². The average Bonchev–Trinajstić information content (AvgIpc) is 2.88. The molecule has 1 aliphatic rings. The molecule has 3 aromatic rings. The number of aromatic nitrogens is 1. The molecule has 0 spiro atoms. The third kappa shape index (κ3) is 5.61. The molecule has 7 nitrogen and oxygen atoms in total. The molecule has 0 radical (unpaired) electrons. The maximum absolute atomic E-state index is 12.7. The molecule has 1 aromatic heterocycles. The van der Waals surface area contributed by atoms with Crippen LogP contribution in [0.4, 0.5) is 11.4 Å². The SMILES string of the molecule is Cc1cccc(C)c1NC(=O)C(=O)NCC(c1cccnc1)N1CCN(c2ccccc2)CC1. The van der Waals surface area contributed by atoms with E-state index in [1.165, 1.54) is 5.69 Å². The van der Waals surface area contributed by atoms with Gasteiger partial charge in [-0.3, -0.25) is 19.5 Å². The Morgan fingerprint density at radius 2 is 1.59 bits per heavy atom. The van der Waals surface area contributed by atoms with Gasteiger partial charge in [0.15, 0.2) is 0 Å². The van der Waals surface area contributed by atoms with Crippen LogP contribution in [0, 0.1) is 13.8 Å². The highest BCUT2D eigenvalue weighted by Crippen LogP contribution is 2.24. The Bertz CT molecular complexity index is 1090. The molecule has 2 amide bonds. The van der Waals surface area contributed by atoms with Gasteiger partial charge in [-0.15, -0.1) is 0 Å². The van der Waals surface area contributed by atoms with E-state index in [0.29, 0.717) is 12.2 Å². The molecule has 1 saturated heterocycles. The molecule has 1 atom stereocenters. The highest BCUT2D eigenvalue weighted by molar-refractivity contribution is 6.39. The lowest BCUT2D eigenvalue weighted by Crippen LogP contribution is -2.50. The second-order valence-corrected chi connectivity index (χ2v) is 8.59. The number of aryl methyl sites for hydroxylation is 2. The quantitative estimate of drug-likeness (QED) is 0.556. The third-order valence-electron chi connectivity index (χ3n) is 6.33. The molecule has 2 N–H and O–H groups in total. The second-order valence-electron chi connectivity index (χ2n) is 8.59. The zero-order valence-corrected chi connectivity index (χ0v) is 19.7. The standard InChI is InChI=1S/C27H31N5O2/c1-20-8-6-9-21(2)25(20)30-27(34)26(33)29-19-24(22-10-7-13-28-18-22)32-16-14-31(15-17-32)23-11-4-3-5-12-23/h3-13,18,24H,14-17,19H2,1-2H3,(H,29,33)(H,30,34). The highest BCUT2D eigenvalue weighted by Gasteiger charge is 2.27. The number of hydrogen-bond acceptors (Lipinski definition) is 5. The number of amides is 2. The van der Waals surface area contributed by atoms with Gasteiger partial charge in [-0.1, -0.05) is 42.5 Å². The van der Waals surface area contributed by atoms with E-state index in [0.717, 1.165) is 42.9 Å². The lowest BCUT2D eigenvalue weighted by atomic mass is 10.1. The number of anilines is 2. The summed E-state index contributed by atoms with van der Waals surface area (Å²) in [6, 6.07) is 20.0. The van der Waals surface area contributed by atoms with E-state index >= 15 is 0 Å². The number of piperazine rings is 1. The maximum Gasteiger partial charge on any atom is 0.313 e. The van der Waals surface area contributed by atoms with Crippen LogP contribution in [-0.4, -0.2) is 54.4 Å². The Hall–Kier alpha value is -3.71. The van der Waals surface area contributed by atoms with Crippen LogP contribution in [0.5, 0.6) is 0 Å². The minimum atomic E-state index is -0.656. The third-order valence-corrected chi connectivity index (χ3v) is 6.33. The molecule has 1 unspecified atom stereocenters. The van der Waals surface area contributed by atoms with Crippen molar-refractivity contribution in [3.05, 3.63) is 89.7 Å². The summed E-state index contributed by atoms with van der Waals surface area (Å²) in [6.45, 7) is 7.62. The molecule has 176 valence electrons. The van der Waals surface area contributed by atoms with Gasteiger partial charge in [0.2, 0.25) is 0 Å². The molecule has 7 heteroatoms. The molecule has 34 heavy (non-hydrogen) atoms. The van der Waals surface area contributed by atoms with Crippen LogP contribution in [0.1, 0.15) is 22.7 Å². The van der Waals surface area contributed by atoms with E-state index in [4.69, 9.17) is 0 Å². The van der Waals surface area contributed by atoms with Crippen LogP contribution in [0.2, 0.25) is 0 Å². The van der Waals surface area contributed by atoms with E-state index in [2.05, 4.69) is 49.7 Å². The van der Waals surface area contributed by atoms with Crippen molar-refractivity contribution < 1.29 is 9.59 Å². The van der Waals surface area contributed by atoms with Gasteiger partial charge >= 0.3 is 11.8 Å². The molecule has 0 saturated carbocycles. The van der Waals surface area contributed by atoms with Crippen molar-refractivity contribution in [2.45, 2.75) is 19.9 Å². The van der Waals surface area contributed by atoms with Crippen LogP contribution in [0.3, 0.4) is 0 Å². The Morgan fingerprint density at radius 1 is 0.882 bits per heavy atom. The number of benzene rings is 2. The summed E-state index contributed by atoms with van der Waals surface area (Å²) >= 11 is 0. The topological polar surface area (TPSA) is 77.6 Å². The molecule has 2 aromatic carbocycles. The first-order valence-corrected chi connectivity index (χ1v) is 11.6. The predicted molar refractivity (Wildman–Crippen MR) is 135 cm³/mol. The first-order valence-electron chi connectivity index (χ1n) is 11.6. The number of hydrogen-bond donors (Lipinski definition) is 2. The van der Waals surface area contributed by atoms with E-state index in [1.807, 2.05) is 56.4 Å². The van der Waals surface area contributed by atoms with Crippen molar-refractivity contribution in [1.82, 2.24) is 15.2 Å². The average molecular weight is 458 g/mol. The minimum Gasteiger partial charge on any atom is -0.369 e. The zero-order valence-electron chi connectivity index (χ0n) is 19.7. The largest absolute Gasteiger partial charge is 0.369 e. The van der Waals surface area contributed by atoms with Gasteiger partial charge in [0, 0.05) is 56.5 Å². The van der Waals surface area contributed by atoms with E-state index in [9.17, 15) is 9.59 Å². The van der Waals surface area contributed by atoms with Gasteiger partial charge < -0.3 is 15.5 Å². The fraction of sp³-hybridized carbons (Fsp3) is 0.296. The van der Waals surface area contributed by atoms with Crippen LogP contribution in [0.15, 0.2) is 73.1 Å². The van der Waals surface area contributed by atoms with Gasteiger partial charge in [0.1, 0.15) is 0 Å². The molecular formula is C27H31N5O2. The number of nitrogens with one attached hydrogen (secondary N) is 2. The van der Waals surface area contributed by atoms with E-state index in [1.54, 1.807) is 6.20 Å². The second kappa shape index (κ2) is 10.9. The lowest BCUT2D eigenvalue weighted by molar-refractivity contribution is -0.136. The van der Waals surface area contributed by atoms with Crippen LogP contribution in [-0.2, 0) is 9.59 Å². The van der Waals surface area contributed by atoms with Crippen molar-refractivity contribution in [2.75, 3.05) is 42.9 Å². The minimum absolute atomic E-state index is 0.0661. The van der Waals surface area contributed by atoms with Crippen molar-refractivity contribution in [3.63, 3.8) is 0 Å². The summed E-state index contributed by atoms with van der Waals surface area (Å²) in [5.74, 6) is -1.30. The Labute approximate surface area is 200 Å². The summed E-state index contributed by atoms with van der Waals surface area (Å²) in [4.78, 5) is 34.2. The fourth-order valence-electron chi connectivity index (χ4n) is 4.41. The van der Waals surface area contributed by atoms with Crippen molar-refractivity contribution in [3.8, 4) is 0 Å². The van der Waals surface area contributed by atoms with Crippen LogP contribution < -0.4 is 15.5 Å². The normalized spacial score (nSPS) is 14.9. The molecule has 1 fully saturated rings. The predicted octanol–water partition coefficient (Wildman–Crippen LogP) is 3.32. The number of nitrogens with zero attached hydrogens (tertiary/aromatic N) is 3. The van der Waals surface area contributed by atoms with Crippen molar-refractivity contribution in [1.29, 1.82) is 0 Å². The number of para-hydroxylation sites is 2. The lowest BCUT2D eigenvalue weighted by Gasteiger charge is -2.40. The summed E-state index contributed by atoms with van der Waals surface area (Å²) in [5.41, 5.74) is 4.77. The zero-order chi connectivity index (χ0) is 23.9. The van der Waals surface area contributed by atoms with Crippen molar-refractivity contribution >= 4 is 23.2 Å². The summed E-state index contributed by atoms with van der Waals surface area (Å²) in [7, 11) is 0. The maximum atomic E-state index is 12.7. The number of carbonyl (C=O) groups excluding carboxylic acids is 2. The van der Waals surface area contributed by atoms with E-state index < -0.39 is 11.8 Å². The number of carbonyl (C=O) groups is 2. The van der Waals surface area contributed by atoms with Gasteiger partial charge in [-0.25, -0.2) is 0 Å². The Balaban J connectivity index is 1.40. The smallest absolute Gasteiger partial charge is 0.313 e. The number of rotatable bonds is 6. The molecule has 4 rings (SSSR count). The molecular weight excluding hydrogens is 426 g/mol. The monoisotopic (exact) mass is 457 g/mol. The van der Waals surface area contributed by atoms with Gasteiger partial charge in [-0.2, -0.15) is 0 Å². The Kier molecular flexibility index (Phi) is 7.54. The molecule has 0 aliphatic carbocycles. The first kappa shape index (κ1) is 23.4. The van der Waals surface area contributed by atoms with Crippen LogP contribution >= 0.6 is 0 Å².